The Morgan fingerprint density at radius 3 is 2.59 bits per heavy atom. The number of alkyl halides is 1. The van der Waals surface area contributed by atoms with E-state index in [4.69, 9.17) is 16.3 Å². The lowest BCUT2D eigenvalue weighted by Crippen LogP contribution is -2.86. The van der Waals surface area contributed by atoms with Crippen molar-refractivity contribution in [2.24, 2.45) is 5.92 Å². The number of rotatable bonds is 6. The standard InChI is InChI=1S/C13H24ClNO2/c1-13(2,11-6-9-15-10-7-11)17-12(16)5-3-4-8-14/h11,15H,3-10H2,1-2H3/p+1. The first-order chi connectivity index (χ1) is 8.06. The Labute approximate surface area is 109 Å². The van der Waals surface area contributed by atoms with Gasteiger partial charge in [-0.1, -0.05) is 0 Å². The van der Waals surface area contributed by atoms with Crippen molar-refractivity contribution < 1.29 is 14.8 Å². The third kappa shape index (κ3) is 5.26. The van der Waals surface area contributed by atoms with Gasteiger partial charge in [0.2, 0.25) is 0 Å². The zero-order valence-corrected chi connectivity index (χ0v) is 11.8. The fourth-order valence-corrected chi connectivity index (χ4v) is 2.60. The topological polar surface area (TPSA) is 42.9 Å². The molecule has 1 rings (SSSR count). The summed E-state index contributed by atoms with van der Waals surface area (Å²) in [4.78, 5) is 11.7. The maximum Gasteiger partial charge on any atom is 0.306 e. The summed E-state index contributed by atoms with van der Waals surface area (Å²) in [5, 5.41) is 2.33. The van der Waals surface area contributed by atoms with Crippen molar-refractivity contribution in [3.05, 3.63) is 0 Å². The van der Waals surface area contributed by atoms with E-state index in [1.165, 1.54) is 0 Å². The van der Waals surface area contributed by atoms with Gasteiger partial charge in [0.1, 0.15) is 5.60 Å². The van der Waals surface area contributed by atoms with Crippen LogP contribution in [0.15, 0.2) is 0 Å². The molecule has 1 aliphatic rings. The van der Waals surface area contributed by atoms with Gasteiger partial charge in [0, 0.05) is 31.1 Å². The van der Waals surface area contributed by atoms with Crippen molar-refractivity contribution in [3.8, 4) is 0 Å². The number of carbonyl (C=O) groups is 1. The van der Waals surface area contributed by atoms with Crippen LogP contribution in [0.2, 0.25) is 0 Å². The molecule has 0 aliphatic carbocycles. The lowest BCUT2D eigenvalue weighted by Gasteiger charge is -2.35. The predicted octanol–water partition coefficient (Wildman–Crippen LogP) is 1.69. The van der Waals surface area contributed by atoms with Crippen LogP contribution >= 0.6 is 11.6 Å². The lowest BCUT2D eigenvalue weighted by atomic mass is 9.83. The van der Waals surface area contributed by atoms with Gasteiger partial charge in [-0.3, -0.25) is 4.79 Å². The normalized spacial score (nSPS) is 18.1. The van der Waals surface area contributed by atoms with E-state index in [1.54, 1.807) is 0 Å². The summed E-state index contributed by atoms with van der Waals surface area (Å²) >= 11 is 5.58. The van der Waals surface area contributed by atoms with Crippen LogP contribution in [0.25, 0.3) is 0 Å². The average molecular weight is 263 g/mol. The predicted molar refractivity (Wildman–Crippen MR) is 69.1 cm³/mol. The Bertz CT molecular complexity index is 238. The molecular formula is C13H25ClNO2+. The van der Waals surface area contributed by atoms with Crippen LogP contribution in [0.3, 0.4) is 0 Å². The molecule has 2 N–H and O–H groups in total. The van der Waals surface area contributed by atoms with Crippen LogP contribution in [0.4, 0.5) is 0 Å². The van der Waals surface area contributed by atoms with Crippen molar-refractivity contribution >= 4 is 17.6 Å². The van der Waals surface area contributed by atoms with E-state index < -0.39 is 0 Å². The highest BCUT2D eigenvalue weighted by Gasteiger charge is 2.34. The van der Waals surface area contributed by atoms with E-state index in [9.17, 15) is 4.79 Å². The van der Waals surface area contributed by atoms with Crippen LogP contribution in [-0.4, -0.2) is 30.5 Å². The first-order valence-corrected chi connectivity index (χ1v) is 7.19. The molecule has 17 heavy (non-hydrogen) atoms. The summed E-state index contributed by atoms with van der Waals surface area (Å²) in [5.41, 5.74) is -0.313. The molecule has 0 amide bonds. The van der Waals surface area contributed by atoms with E-state index in [0.29, 0.717) is 18.2 Å². The van der Waals surface area contributed by atoms with Gasteiger partial charge in [-0.2, -0.15) is 0 Å². The second kappa shape index (κ2) is 7.22. The summed E-state index contributed by atoms with van der Waals surface area (Å²) in [6, 6.07) is 0. The molecule has 0 saturated carbocycles. The molecule has 0 unspecified atom stereocenters. The molecule has 0 aromatic rings. The van der Waals surface area contributed by atoms with Gasteiger partial charge in [-0.15, -0.1) is 11.6 Å². The van der Waals surface area contributed by atoms with Crippen LogP contribution in [0, 0.1) is 5.92 Å². The number of carbonyl (C=O) groups excluding carboxylic acids is 1. The highest BCUT2D eigenvalue weighted by atomic mass is 35.5. The second-order valence-electron chi connectivity index (χ2n) is 5.36. The van der Waals surface area contributed by atoms with Gasteiger partial charge < -0.3 is 10.1 Å². The monoisotopic (exact) mass is 262 g/mol. The third-order valence-corrected chi connectivity index (χ3v) is 3.83. The molecule has 1 saturated heterocycles. The van der Waals surface area contributed by atoms with Crippen LogP contribution in [-0.2, 0) is 9.53 Å². The minimum absolute atomic E-state index is 0.0744. The van der Waals surface area contributed by atoms with Gasteiger partial charge >= 0.3 is 5.97 Å². The minimum Gasteiger partial charge on any atom is -0.459 e. The molecule has 0 aromatic heterocycles. The number of halogens is 1. The highest BCUT2D eigenvalue weighted by molar-refractivity contribution is 6.17. The molecule has 1 aliphatic heterocycles. The summed E-state index contributed by atoms with van der Waals surface area (Å²) in [7, 11) is 0. The molecule has 0 bridgehead atoms. The van der Waals surface area contributed by atoms with Gasteiger partial charge in [0.15, 0.2) is 0 Å². The molecule has 100 valence electrons. The van der Waals surface area contributed by atoms with E-state index in [1.807, 2.05) is 13.8 Å². The molecule has 3 nitrogen and oxygen atoms in total. The maximum absolute atomic E-state index is 11.7. The molecular weight excluding hydrogens is 238 g/mol. The van der Waals surface area contributed by atoms with Crippen molar-refractivity contribution in [1.29, 1.82) is 0 Å². The summed E-state index contributed by atoms with van der Waals surface area (Å²) in [6.07, 6.45) is 4.49. The Hall–Kier alpha value is -0.280. The molecule has 4 heteroatoms. The molecule has 1 fully saturated rings. The summed E-state index contributed by atoms with van der Waals surface area (Å²) < 4.78 is 5.63. The SMILES string of the molecule is CC(C)(OC(=O)CCCCCl)C1CC[NH2+]CC1. The largest absolute Gasteiger partial charge is 0.459 e. The number of hydrogen-bond acceptors (Lipinski definition) is 2. The number of hydrogen-bond donors (Lipinski definition) is 1. The summed E-state index contributed by atoms with van der Waals surface area (Å²) in [6.45, 7) is 6.39. The molecule has 0 radical (unpaired) electrons. The molecule has 0 spiro atoms. The zero-order valence-electron chi connectivity index (χ0n) is 11.0. The number of unbranched alkanes of at least 4 members (excludes halogenated alkanes) is 1. The first kappa shape index (κ1) is 14.8. The fourth-order valence-electron chi connectivity index (χ4n) is 2.41. The Morgan fingerprint density at radius 1 is 1.35 bits per heavy atom. The molecule has 0 aromatic carbocycles. The van der Waals surface area contributed by atoms with Crippen LogP contribution in [0.5, 0.6) is 0 Å². The average Bonchev–Trinajstić information content (AvgIpc) is 2.30. The van der Waals surface area contributed by atoms with Crippen molar-refractivity contribution in [2.75, 3.05) is 19.0 Å². The zero-order chi connectivity index (χ0) is 12.7. The van der Waals surface area contributed by atoms with E-state index in [2.05, 4.69) is 5.32 Å². The summed E-state index contributed by atoms with van der Waals surface area (Å²) in [5.74, 6) is 1.05. The molecule has 1 heterocycles. The Morgan fingerprint density at radius 2 is 2.00 bits per heavy atom. The first-order valence-electron chi connectivity index (χ1n) is 6.65. The van der Waals surface area contributed by atoms with Crippen molar-refractivity contribution in [3.63, 3.8) is 0 Å². The Balaban J connectivity index is 2.33. The highest BCUT2D eigenvalue weighted by Crippen LogP contribution is 2.28. The van der Waals surface area contributed by atoms with E-state index in [0.717, 1.165) is 38.8 Å². The maximum atomic E-state index is 11.7. The smallest absolute Gasteiger partial charge is 0.306 e. The van der Waals surface area contributed by atoms with Gasteiger partial charge in [-0.05, 0) is 26.7 Å². The van der Waals surface area contributed by atoms with Gasteiger partial charge in [0.25, 0.3) is 0 Å². The number of piperidine rings is 1. The second-order valence-corrected chi connectivity index (χ2v) is 5.74. The lowest BCUT2D eigenvalue weighted by molar-refractivity contribution is -0.665. The number of quaternary nitrogens is 1. The van der Waals surface area contributed by atoms with Gasteiger partial charge in [-0.25, -0.2) is 0 Å². The van der Waals surface area contributed by atoms with Crippen molar-refractivity contribution in [2.45, 2.75) is 51.6 Å². The number of esters is 1. The third-order valence-electron chi connectivity index (χ3n) is 3.56. The van der Waals surface area contributed by atoms with E-state index in [-0.39, 0.29) is 11.6 Å². The van der Waals surface area contributed by atoms with Crippen LogP contribution < -0.4 is 5.32 Å². The van der Waals surface area contributed by atoms with Crippen molar-refractivity contribution in [1.82, 2.24) is 0 Å². The number of nitrogens with two attached hydrogens (primary N) is 1. The Kier molecular flexibility index (Phi) is 6.28. The minimum atomic E-state index is -0.313. The van der Waals surface area contributed by atoms with E-state index >= 15 is 0 Å². The fraction of sp³-hybridized carbons (Fsp3) is 0.923. The van der Waals surface area contributed by atoms with Crippen LogP contribution in [0.1, 0.15) is 46.0 Å². The quantitative estimate of drug-likeness (QED) is 0.450. The molecule has 0 atom stereocenters. The van der Waals surface area contributed by atoms with Gasteiger partial charge in [0.05, 0.1) is 13.1 Å². The number of ether oxygens (including phenoxy) is 1.